The lowest BCUT2D eigenvalue weighted by Crippen LogP contribution is -2.11. The Morgan fingerprint density at radius 3 is 2.10 bits per heavy atom. The molecule has 110 valence electrons. The van der Waals surface area contributed by atoms with Gasteiger partial charge in [0.15, 0.2) is 5.78 Å². The third-order valence-electron chi connectivity index (χ3n) is 2.79. The number of nitrogens with zero attached hydrogens (tertiary/aromatic N) is 1. The summed E-state index contributed by atoms with van der Waals surface area (Å²) in [6, 6.07) is 5.53. The Bertz CT molecular complexity index is 750. The molecule has 0 N–H and O–H groups in total. The minimum absolute atomic E-state index is 0.0514. The molecule has 1 aliphatic rings. The van der Waals surface area contributed by atoms with Gasteiger partial charge >= 0.3 is 10.1 Å². The third-order valence-corrected chi connectivity index (χ3v) is 4.16. The van der Waals surface area contributed by atoms with Gasteiger partial charge in [-0.3, -0.25) is 9.08 Å². The van der Waals surface area contributed by atoms with E-state index >= 15 is 0 Å². The van der Waals surface area contributed by atoms with E-state index in [1.54, 1.807) is 13.8 Å². The Kier molecular flexibility index (Phi) is 4.29. The summed E-state index contributed by atoms with van der Waals surface area (Å²) in [7, 11) is -4.01. The van der Waals surface area contributed by atoms with Gasteiger partial charge in [-0.15, -0.1) is 0 Å². The summed E-state index contributed by atoms with van der Waals surface area (Å²) in [6.45, 7) is 3.25. The quantitative estimate of drug-likeness (QED) is 0.632. The lowest BCUT2D eigenvalue weighted by molar-refractivity contribution is -0.112. The molecule has 1 aromatic carbocycles. The molecule has 7 heteroatoms. The van der Waals surface area contributed by atoms with Gasteiger partial charge < -0.3 is 0 Å². The van der Waals surface area contributed by atoms with Gasteiger partial charge in [0.05, 0.1) is 0 Å². The van der Waals surface area contributed by atoms with Crippen LogP contribution in [-0.2, 0) is 19.2 Å². The fraction of sp³-hybridized carbons (Fsp3) is 0.143. The average Bonchev–Trinajstić information content (AvgIpc) is 2.43. The molecule has 1 aliphatic carbocycles. The summed E-state index contributed by atoms with van der Waals surface area (Å²) in [5, 5.41) is 4.00. The van der Waals surface area contributed by atoms with Gasteiger partial charge in [-0.2, -0.15) is 8.42 Å². The molecule has 0 atom stereocenters. The molecule has 0 amide bonds. The first-order chi connectivity index (χ1) is 9.79. The van der Waals surface area contributed by atoms with E-state index in [1.165, 1.54) is 36.4 Å². The topological polar surface area (TPSA) is 72.8 Å². The number of ketones is 1. The van der Waals surface area contributed by atoms with Crippen LogP contribution in [-0.4, -0.2) is 19.9 Å². The highest BCUT2D eigenvalue weighted by Crippen LogP contribution is 2.17. The predicted octanol–water partition coefficient (Wildman–Crippen LogP) is 2.88. The van der Waals surface area contributed by atoms with Crippen molar-refractivity contribution in [3.05, 3.63) is 52.6 Å². The number of carbonyl (C=O) groups excluding carboxylic acids is 1. The first kappa shape index (κ1) is 15.5. The zero-order valence-corrected chi connectivity index (χ0v) is 12.9. The monoisotopic (exact) mass is 325 g/mol. The number of rotatable bonds is 3. The van der Waals surface area contributed by atoms with Gasteiger partial charge in [-0.25, -0.2) is 0 Å². The van der Waals surface area contributed by atoms with Crippen molar-refractivity contribution in [1.29, 1.82) is 0 Å². The molecular weight excluding hydrogens is 314 g/mol. The summed E-state index contributed by atoms with van der Waals surface area (Å²) in [4.78, 5) is 11.5. The van der Waals surface area contributed by atoms with Gasteiger partial charge in [0, 0.05) is 5.02 Å². The van der Waals surface area contributed by atoms with E-state index in [9.17, 15) is 13.2 Å². The predicted molar refractivity (Wildman–Crippen MR) is 79.7 cm³/mol. The summed E-state index contributed by atoms with van der Waals surface area (Å²) >= 11 is 5.70. The van der Waals surface area contributed by atoms with Crippen LogP contribution in [0.2, 0.25) is 5.02 Å². The lowest BCUT2D eigenvalue weighted by Gasteiger charge is -2.08. The standard InChI is InChI=1S/C14H12ClNO4S/c1-9-7-12(8-10(2)14(9)17)16-20-21(18,19)13-5-3-11(15)4-6-13/h3-8H,1-2H3. The fourth-order valence-electron chi connectivity index (χ4n) is 1.72. The van der Waals surface area contributed by atoms with Gasteiger partial charge in [-0.05, 0) is 61.4 Å². The second-order valence-corrected chi connectivity index (χ2v) is 6.45. The van der Waals surface area contributed by atoms with E-state index in [1.807, 2.05) is 0 Å². The lowest BCUT2D eigenvalue weighted by atomic mass is 9.98. The van der Waals surface area contributed by atoms with Crippen LogP contribution in [0, 0.1) is 0 Å². The van der Waals surface area contributed by atoms with Crippen molar-refractivity contribution in [2.24, 2.45) is 5.16 Å². The fourth-order valence-corrected chi connectivity index (χ4v) is 2.58. The van der Waals surface area contributed by atoms with E-state index in [-0.39, 0.29) is 16.4 Å². The molecular formula is C14H12ClNO4S. The third kappa shape index (κ3) is 3.59. The number of benzene rings is 1. The van der Waals surface area contributed by atoms with Crippen molar-refractivity contribution < 1.29 is 17.5 Å². The zero-order chi connectivity index (χ0) is 15.6. The average molecular weight is 326 g/mol. The van der Waals surface area contributed by atoms with E-state index in [2.05, 4.69) is 9.44 Å². The van der Waals surface area contributed by atoms with Crippen LogP contribution in [0.5, 0.6) is 0 Å². The Morgan fingerprint density at radius 2 is 1.57 bits per heavy atom. The Balaban J connectivity index is 2.24. The first-order valence-electron chi connectivity index (χ1n) is 5.98. The summed E-state index contributed by atoms with van der Waals surface area (Å²) in [6.07, 6.45) is 2.93. The molecule has 0 spiro atoms. The molecule has 1 aromatic rings. The molecule has 0 aromatic heterocycles. The number of carbonyl (C=O) groups is 1. The minimum Gasteiger partial charge on any atom is -0.289 e. The van der Waals surface area contributed by atoms with Gasteiger partial charge in [0.1, 0.15) is 10.6 Å². The van der Waals surface area contributed by atoms with Gasteiger partial charge in [-0.1, -0.05) is 16.8 Å². The summed E-state index contributed by atoms with van der Waals surface area (Å²) < 4.78 is 28.5. The van der Waals surface area contributed by atoms with Crippen LogP contribution in [0.4, 0.5) is 0 Å². The van der Waals surface area contributed by atoms with E-state index in [0.29, 0.717) is 16.2 Å². The van der Waals surface area contributed by atoms with Crippen molar-refractivity contribution >= 4 is 33.2 Å². The molecule has 2 rings (SSSR count). The molecule has 0 radical (unpaired) electrons. The highest BCUT2D eigenvalue weighted by molar-refractivity contribution is 7.86. The SMILES string of the molecule is CC1=CC(=NOS(=O)(=O)c2ccc(Cl)cc2)C=C(C)C1=O. The maximum atomic E-state index is 11.9. The van der Waals surface area contributed by atoms with Crippen molar-refractivity contribution in [2.45, 2.75) is 18.7 Å². The maximum Gasteiger partial charge on any atom is 0.358 e. The highest BCUT2D eigenvalue weighted by Gasteiger charge is 2.18. The number of allylic oxidation sites excluding steroid dienone is 4. The van der Waals surface area contributed by atoms with Crippen LogP contribution < -0.4 is 0 Å². The van der Waals surface area contributed by atoms with Crippen LogP contribution in [0.3, 0.4) is 0 Å². The van der Waals surface area contributed by atoms with Gasteiger partial charge in [0.25, 0.3) is 0 Å². The molecule has 0 bridgehead atoms. The molecule has 0 fully saturated rings. The second kappa shape index (κ2) is 5.83. The Hall–Kier alpha value is -1.92. The van der Waals surface area contributed by atoms with Crippen molar-refractivity contribution in [3.8, 4) is 0 Å². The van der Waals surface area contributed by atoms with Crippen molar-refractivity contribution in [3.63, 3.8) is 0 Å². The number of hydrogen-bond acceptors (Lipinski definition) is 5. The van der Waals surface area contributed by atoms with Crippen LogP contribution >= 0.6 is 11.6 Å². The molecule has 0 heterocycles. The van der Waals surface area contributed by atoms with E-state index < -0.39 is 10.1 Å². The minimum atomic E-state index is -4.01. The molecule has 0 aliphatic heterocycles. The molecule has 5 nitrogen and oxygen atoms in total. The first-order valence-corrected chi connectivity index (χ1v) is 7.77. The summed E-state index contributed by atoms with van der Waals surface area (Å²) in [5.41, 5.74) is 1.21. The maximum absolute atomic E-state index is 11.9. The number of halogens is 1. The molecule has 0 unspecified atom stereocenters. The number of hydrogen-bond donors (Lipinski definition) is 0. The number of Topliss-reactive ketones (excluding diaryl/α,β-unsaturated/α-hetero) is 1. The van der Waals surface area contributed by atoms with Crippen LogP contribution in [0.1, 0.15) is 13.8 Å². The second-order valence-electron chi connectivity index (χ2n) is 4.48. The molecule has 0 saturated carbocycles. The molecule has 0 saturated heterocycles. The normalized spacial score (nSPS) is 15.4. The van der Waals surface area contributed by atoms with Crippen LogP contribution in [0.15, 0.2) is 57.6 Å². The Labute approximate surface area is 127 Å². The van der Waals surface area contributed by atoms with E-state index in [0.717, 1.165) is 0 Å². The van der Waals surface area contributed by atoms with Crippen molar-refractivity contribution in [1.82, 2.24) is 0 Å². The van der Waals surface area contributed by atoms with Crippen molar-refractivity contribution in [2.75, 3.05) is 0 Å². The largest absolute Gasteiger partial charge is 0.358 e. The van der Waals surface area contributed by atoms with Gasteiger partial charge in [0.2, 0.25) is 0 Å². The van der Waals surface area contributed by atoms with E-state index in [4.69, 9.17) is 11.6 Å². The van der Waals surface area contributed by atoms with Crippen LogP contribution in [0.25, 0.3) is 0 Å². The summed E-state index contributed by atoms with van der Waals surface area (Å²) in [5.74, 6) is -0.102. The number of oxime groups is 1. The zero-order valence-electron chi connectivity index (χ0n) is 11.3. The highest BCUT2D eigenvalue weighted by atomic mass is 35.5. The molecule has 21 heavy (non-hydrogen) atoms. The Morgan fingerprint density at radius 1 is 1.05 bits per heavy atom. The smallest absolute Gasteiger partial charge is 0.289 e.